The zero-order chi connectivity index (χ0) is 18.3. The number of nitrogens with zero attached hydrogens (tertiary/aromatic N) is 2. The lowest BCUT2D eigenvalue weighted by Crippen LogP contribution is -2.13. The molecule has 0 bridgehead atoms. The van der Waals surface area contributed by atoms with Crippen LogP contribution < -0.4 is 10.1 Å². The van der Waals surface area contributed by atoms with Crippen molar-refractivity contribution in [1.82, 2.24) is 4.98 Å². The van der Waals surface area contributed by atoms with E-state index in [0.29, 0.717) is 22.7 Å². The highest BCUT2D eigenvalue weighted by Gasteiger charge is 2.29. The Balaban J connectivity index is 1.62. The number of rotatable bonds is 5. The van der Waals surface area contributed by atoms with Crippen molar-refractivity contribution >= 4 is 28.4 Å². The number of amides is 1. The monoisotopic (exact) mass is 353 g/mol. The summed E-state index contributed by atoms with van der Waals surface area (Å²) < 4.78 is 10.8. The van der Waals surface area contributed by atoms with Gasteiger partial charge in [-0.1, -0.05) is 0 Å². The first-order valence-electron chi connectivity index (χ1n) is 8.09. The lowest BCUT2D eigenvalue weighted by molar-refractivity contribution is -0.384. The number of nitrogens with one attached hydrogen (secondary N) is 1. The summed E-state index contributed by atoms with van der Waals surface area (Å²) in [6, 6.07) is 9.03. The molecule has 3 aromatic rings. The van der Waals surface area contributed by atoms with Crippen LogP contribution >= 0.6 is 0 Å². The van der Waals surface area contributed by atoms with Crippen LogP contribution in [0.4, 0.5) is 11.4 Å². The van der Waals surface area contributed by atoms with Crippen molar-refractivity contribution in [1.29, 1.82) is 0 Å². The predicted octanol–water partition coefficient (Wildman–Crippen LogP) is 3.87. The van der Waals surface area contributed by atoms with Crippen LogP contribution in [0.5, 0.6) is 5.75 Å². The summed E-state index contributed by atoms with van der Waals surface area (Å²) in [5.74, 6) is 0.876. The van der Waals surface area contributed by atoms with Gasteiger partial charge in [-0.3, -0.25) is 14.9 Å². The second-order valence-corrected chi connectivity index (χ2v) is 6.10. The molecule has 1 aromatic heterocycles. The van der Waals surface area contributed by atoms with Crippen LogP contribution in [0.2, 0.25) is 0 Å². The van der Waals surface area contributed by atoms with Gasteiger partial charge in [0.15, 0.2) is 11.5 Å². The molecule has 1 amide bonds. The van der Waals surface area contributed by atoms with Gasteiger partial charge in [0.1, 0.15) is 11.3 Å². The minimum absolute atomic E-state index is 0.0839. The molecule has 0 radical (unpaired) electrons. The fourth-order valence-corrected chi connectivity index (χ4v) is 2.71. The number of oxazole rings is 1. The van der Waals surface area contributed by atoms with E-state index in [1.807, 2.05) is 0 Å². The number of methoxy groups -OCH3 is 1. The summed E-state index contributed by atoms with van der Waals surface area (Å²) >= 11 is 0. The van der Waals surface area contributed by atoms with E-state index >= 15 is 0 Å². The minimum atomic E-state index is -0.558. The quantitative estimate of drug-likeness (QED) is 0.551. The van der Waals surface area contributed by atoms with Crippen molar-refractivity contribution in [3.63, 3.8) is 0 Å². The SMILES string of the molecule is COc1ccc([N+](=O)[O-])cc1C(=O)Nc1ccc2oc(C3CC3)nc2c1. The second kappa shape index (κ2) is 6.14. The summed E-state index contributed by atoms with van der Waals surface area (Å²) in [6.45, 7) is 0. The summed E-state index contributed by atoms with van der Waals surface area (Å²) in [4.78, 5) is 27.4. The molecule has 1 fully saturated rings. The largest absolute Gasteiger partial charge is 0.496 e. The van der Waals surface area contributed by atoms with Gasteiger partial charge in [0.05, 0.1) is 17.6 Å². The maximum atomic E-state index is 12.6. The average Bonchev–Trinajstić information content (AvgIpc) is 3.40. The fraction of sp³-hybridized carbons (Fsp3) is 0.222. The molecule has 0 aliphatic heterocycles. The van der Waals surface area contributed by atoms with Gasteiger partial charge in [0, 0.05) is 23.7 Å². The van der Waals surface area contributed by atoms with E-state index in [1.165, 1.54) is 25.3 Å². The molecule has 132 valence electrons. The van der Waals surface area contributed by atoms with Crippen LogP contribution in [0.3, 0.4) is 0 Å². The maximum Gasteiger partial charge on any atom is 0.270 e. The molecule has 0 saturated heterocycles. The van der Waals surface area contributed by atoms with E-state index in [4.69, 9.17) is 9.15 Å². The third kappa shape index (κ3) is 2.97. The second-order valence-electron chi connectivity index (χ2n) is 6.10. The van der Waals surface area contributed by atoms with Crippen LogP contribution in [0.15, 0.2) is 40.8 Å². The van der Waals surface area contributed by atoms with Crippen LogP contribution in [0.25, 0.3) is 11.1 Å². The highest BCUT2D eigenvalue weighted by molar-refractivity contribution is 6.07. The van der Waals surface area contributed by atoms with Crippen molar-refractivity contribution in [3.05, 3.63) is 58.0 Å². The zero-order valence-electron chi connectivity index (χ0n) is 13.9. The zero-order valence-corrected chi connectivity index (χ0v) is 13.9. The summed E-state index contributed by atoms with van der Waals surface area (Å²) in [5.41, 5.74) is 1.75. The lowest BCUT2D eigenvalue weighted by atomic mass is 10.1. The maximum absolute atomic E-state index is 12.6. The number of nitro benzene ring substituents is 1. The van der Waals surface area contributed by atoms with E-state index in [0.717, 1.165) is 18.7 Å². The number of anilines is 1. The van der Waals surface area contributed by atoms with E-state index in [-0.39, 0.29) is 17.0 Å². The average molecular weight is 353 g/mol. The Labute approximate surface area is 147 Å². The van der Waals surface area contributed by atoms with Crippen LogP contribution in [0.1, 0.15) is 35.0 Å². The van der Waals surface area contributed by atoms with E-state index in [2.05, 4.69) is 10.3 Å². The van der Waals surface area contributed by atoms with Crippen LogP contribution in [-0.4, -0.2) is 22.9 Å². The third-order valence-corrected chi connectivity index (χ3v) is 4.23. The number of ether oxygens (including phenoxy) is 1. The molecule has 0 unspecified atom stereocenters. The lowest BCUT2D eigenvalue weighted by Gasteiger charge is -2.09. The van der Waals surface area contributed by atoms with Crippen molar-refractivity contribution in [2.75, 3.05) is 12.4 Å². The highest BCUT2D eigenvalue weighted by atomic mass is 16.6. The molecule has 1 aliphatic rings. The number of non-ortho nitro benzene ring substituents is 1. The number of benzene rings is 2. The number of nitro groups is 1. The number of carbonyl (C=O) groups is 1. The molecule has 8 nitrogen and oxygen atoms in total. The Morgan fingerprint density at radius 3 is 2.81 bits per heavy atom. The van der Waals surface area contributed by atoms with Crippen molar-refractivity contribution in [2.24, 2.45) is 0 Å². The Hall–Kier alpha value is -3.42. The van der Waals surface area contributed by atoms with E-state index in [1.54, 1.807) is 18.2 Å². The van der Waals surface area contributed by atoms with Gasteiger partial charge < -0.3 is 14.5 Å². The van der Waals surface area contributed by atoms with Gasteiger partial charge in [-0.05, 0) is 37.1 Å². The van der Waals surface area contributed by atoms with Crippen LogP contribution in [-0.2, 0) is 0 Å². The third-order valence-electron chi connectivity index (χ3n) is 4.23. The first kappa shape index (κ1) is 16.1. The smallest absolute Gasteiger partial charge is 0.270 e. The van der Waals surface area contributed by atoms with Crippen molar-refractivity contribution < 1.29 is 18.9 Å². The summed E-state index contributed by atoms with van der Waals surface area (Å²) in [6.07, 6.45) is 2.17. The molecule has 1 N–H and O–H groups in total. The van der Waals surface area contributed by atoms with Gasteiger partial charge in [0.2, 0.25) is 0 Å². The Bertz CT molecular complexity index is 1020. The molecule has 0 atom stereocenters. The van der Waals surface area contributed by atoms with Gasteiger partial charge in [-0.2, -0.15) is 0 Å². The summed E-state index contributed by atoms with van der Waals surface area (Å²) in [5, 5.41) is 13.7. The molecular weight excluding hydrogens is 338 g/mol. The number of hydrogen-bond acceptors (Lipinski definition) is 6. The molecule has 4 rings (SSSR count). The molecule has 0 spiro atoms. The number of hydrogen-bond donors (Lipinski definition) is 1. The minimum Gasteiger partial charge on any atom is -0.496 e. The van der Waals surface area contributed by atoms with Gasteiger partial charge in [0.25, 0.3) is 11.6 Å². The predicted molar refractivity (Wildman–Crippen MR) is 93.6 cm³/mol. The number of carbonyl (C=O) groups excluding carboxylic acids is 1. The molecule has 1 aliphatic carbocycles. The van der Waals surface area contributed by atoms with Crippen molar-refractivity contribution in [2.45, 2.75) is 18.8 Å². The molecular formula is C18H15N3O5. The fourth-order valence-electron chi connectivity index (χ4n) is 2.71. The number of fused-ring (bicyclic) bond motifs is 1. The van der Waals surface area contributed by atoms with Crippen LogP contribution in [0, 0.1) is 10.1 Å². The summed E-state index contributed by atoms with van der Waals surface area (Å²) in [7, 11) is 1.40. The Kier molecular flexibility index (Phi) is 3.80. The van der Waals surface area contributed by atoms with Gasteiger partial charge >= 0.3 is 0 Å². The Morgan fingerprint density at radius 1 is 1.31 bits per heavy atom. The Morgan fingerprint density at radius 2 is 2.12 bits per heavy atom. The van der Waals surface area contributed by atoms with Gasteiger partial charge in [-0.15, -0.1) is 0 Å². The molecule has 1 saturated carbocycles. The molecule has 8 heteroatoms. The molecule has 26 heavy (non-hydrogen) atoms. The highest BCUT2D eigenvalue weighted by Crippen LogP contribution is 2.40. The van der Waals surface area contributed by atoms with Crippen molar-refractivity contribution in [3.8, 4) is 5.75 Å². The number of aromatic nitrogens is 1. The first-order valence-corrected chi connectivity index (χ1v) is 8.09. The van der Waals surface area contributed by atoms with Gasteiger partial charge in [-0.25, -0.2) is 4.98 Å². The molecule has 1 heterocycles. The topological polar surface area (TPSA) is 108 Å². The molecule has 2 aromatic carbocycles. The normalized spacial score (nSPS) is 13.6. The standard InChI is InChI=1S/C18H15N3O5/c1-25-15-7-5-12(21(23)24)9-13(15)17(22)19-11-4-6-16-14(8-11)20-18(26-16)10-2-3-10/h4-10H,2-3H2,1H3,(H,19,22). The first-order chi connectivity index (χ1) is 12.5. The van der Waals surface area contributed by atoms with E-state index < -0.39 is 10.8 Å². The van der Waals surface area contributed by atoms with E-state index in [9.17, 15) is 14.9 Å².